The largest absolute Gasteiger partial charge is 0.496 e. The first-order valence-electron chi connectivity index (χ1n) is 17.4. The van der Waals surface area contributed by atoms with E-state index in [1.807, 2.05) is 19.1 Å². The van der Waals surface area contributed by atoms with Crippen molar-refractivity contribution < 1.29 is 22.4 Å². The molecule has 7 rings (SSSR count). The Kier molecular flexibility index (Phi) is 12.7. The molecule has 1 nitrogen and oxygen atoms in total. The van der Waals surface area contributed by atoms with Gasteiger partial charge in [0.25, 0.3) is 0 Å². The molecule has 0 spiro atoms. The van der Waals surface area contributed by atoms with E-state index in [0.29, 0.717) is 0 Å². The fourth-order valence-corrected chi connectivity index (χ4v) is 6.78. The third-order valence-electron chi connectivity index (χ3n) is 9.09. The molecular weight excluding hydrogens is 747 g/mol. The molecule has 0 unspecified atom stereocenters. The predicted octanol–water partition coefficient (Wildman–Crippen LogP) is 14.6. The number of furan rings is 1. The van der Waals surface area contributed by atoms with Gasteiger partial charge in [-0.15, -0.1) is 63.5 Å². The average molecular weight is 795 g/mol. The van der Waals surface area contributed by atoms with Gasteiger partial charge >= 0.3 is 53.5 Å². The summed E-state index contributed by atoms with van der Waals surface area (Å²) < 4.78 is 5.81. The van der Waals surface area contributed by atoms with Gasteiger partial charge in [-0.05, 0) is 83.7 Å². The van der Waals surface area contributed by atoms with Crippen molar-refractivity contribution in [3.63, 3.8) is 0 Å². The Balaban J connectivity index is 0.000000170. The SMILES string of the molecule is CCc1cc2c(-c3cc(C)cc(C)c3)c(C)ccc2[cH-]1.C[Si](C)=[Zr]([Cl])[Cl].Cc1cc(C)cc(-c2c(C)ccc3[cH-]c(-c4ccc(C)o4)cc23)c1. The van der Waals surface area contributed by atoms with Crippen LogP contribution in [0.25, 0.3) is 55.1 Å². The van der Waals surface area contributed by atoms with Crippen molar-refractivity contribution in [3.05, 3.63) is 142 Å². The summed E-state index contributed by atoms with van der Waals surface area (Å²) in [5.74, 6) is 1.88. The number of rotatable bonds is 4. The van der Waals surface area contributed by atoms with E-state index < -0.39 is 18.0 Å². The summed E-state index contributed by atoms with van der Waals surface area (Å²) in [7, 11) is 11.2. The quantitative estimate of drug-likeness (QED) is 0.128. The van der Waals surface area contributed by atoms with Crippen LogP contribution in [0.1, 0.15) is 51.6 Å². The molecule has 0 bridgehead atoms. The van der Waals surface area contributed by atoms with Crippen LogP contribution in [0.4, 0.5) is 0 Å². The Morgan fingerprint density at radius 2 is 1.06 bits per heavy atom. The van der Waals surface area contributed by atoms with Crippen molar-refractivity contribution in [1.82, 2.24) is 0 Å². The molecule has 258 valence electrons. The second-order valence-corrected chi connectivity index (χ2v) is 36.9. The number of hydrogen-bond acceptors (Lipinski definition) is 1. The van der Waals surface area contributed by atoms with E-state index in [9.17, 15) is 0 Å². The normalized spacial score (nSPS) is 10.9. The summed E-state index contributed by atoms with van der Waals surface area (Å²) in [6, 6.07) is 35.7. The van der Waals surface area contributed by atoms with Gasteiger partial charge in [0.05, 0.1) is 11.5 Å². The van der Waals surface area contributed by atoms with Gasteiger partial charge in [-0.1, -0.05) is 93.9 Å². The first-order chi connectivity index (χ1) is 23.7. The monoisotopic (exact) mass is 792 g/mol. The van der Waals surface area contributed by atoms with Crippen molar-refractivity contribution in [3.8, 4) is 33.6 Å². The van der Waals surface area contributed by atoms with Crippen LogP contribution >= 0.6 is 17.0 Å². The molecule has 7 aromatic rings. The van der Waals surface area contributed by atoms with Gasteiger partial charge in [-0.3, -0.25) is 0 Å². The topological polar surface area (TPSA) is 13.1 Å². The second-order valence-electron chi connectivity index (χ2n) is 13.9. The van der Waals surface area contributed by atoms with Crippen LogP contribution in [-0.4, -0.2) is 5.43 Å². The van der Waals surface area contributed by atoms with Crippen molar-refractivity contribution in [2.45, 2.75) is 74.9 Å². The number of benzene rings is 4. The zero-order chi connectivity index (χ0) is 36.3. The maximum absolute atomic E-state index is 5.81. The molecule has 0 saturated carbocycles. The standard InChI is InChI=1S/C23H21O.C20H21.C2H6Si.2ClH.Zr/c1-14-9-15(2)11-20(10-14)23-16(3)5-7-18-12-19(13-21(18)23)22-8-6-17(4)24-22;1-5-16-11-17-7-6-15(4)20(19(17)12-16)18-9-13(2)8-14(3)10-18;1-3-2;;;/h5-13H,1-4H3;6-12H,5H2,1-4H3;1-2H3;2*1H;/q2*-1;;;;+2/p-2. The second kappa shape index (κ2) is 16.6. The number of fused-ring (bicyclic) bond motifs is 2. The van der Waals surface area contributed by atoms with Crippen LogP contribution in [0, 0.1) is 48.5 Å². The fraction of sp³-hybridized carbons (Fsp3) is 0.244. The Morgan fingerprint density at radius 3 is 1.48 bits per heavy atom. The molecule has 1 heterocycles. The van der Waals surface area contributed by atoms with Crippen LogP contribution in [-0.2, 0) is 24.4 Å². The minimum atomic E-state index is -1.65. The number of halogens is 2. The molecule has 0 N–H and O–H groups in total. The Morgan fingerprint density at radius 1 is 0.600 bits per heavy atom. The third kappa shape index (κ3) is 9.10. The molecule has 0 radical (unpaired) electrons. The summed E-state index contributed by atoms with van der Waals surface area (Å²) in [6.45, 7) is 21.6. The molecule has 50 heavy (non-hydrogen) atoms. The maximum Gasteiger partial charge on any atom is 0.0896 e. The molecule has 5 heteroatoms. The molecule has 0 fully saturated rings. The van der Waals surface area contributed by atoms with Crippen LogP contribution in [0.2, 0.25) is 13.1 Å². The van der Waals surface area contributed by atoms with E-state index in [2.05, 4.69) is 146 Å². The zero-order valence-corrected chi connectivity index (χ0v) is 36.1. The van der Waals surface area contributed by atoms with Crippen molar-refractivity contribution >= 4 is 44.0 Å². The summed E-state index contributed by atoms with van der Waals surface area (Å²) in [5.41, 5.74) is 15.6. The molecule has 0 aliphatic rings. The molecular formula is C45H48Cl2OSiZr-2. The number of aryl methyl sites for hydroxylation is 8. The predicted molar refractivity (Wildman–Crippen MR) is 219 cm³/mol. The van der Waals surface area contributed by atoms with Gasteiger partial charge in [0.1, 0.15) is 0 Å². The molecule has 0 aliphatic carbocycles. The first kappa shape index (κ1) is 38.3. The molecule has 0 amide bonds. The summed E-state index contributed by atoms with van der Waals surface area (Å²) in [4.78, 5) is 0. The Bertz CT molecular complexity index is 2270. The van der Waals surface area contributed by atoms with E-state index in [1.165, 1.54) is 82.7 Å². The molecule has 6 aromatic carbocycles. The van der Waals surface area contributed by atoms with Gasteiger partial charge in [-0.2, -0.15) is 6.07 Å². The molecule has 1 aromatic heterocycles. The Labute approximate surface area is 314 Å². The third-order valence-corrected chi connectivity index (χ3v) is 28.8. The summed E-state index contributed by atoms with van der Waals surface area (Å²) in [6.07, 6.45) is 1.10. The molecule has 0 atom stereocenters. The van der Waals surface area contributed by atoms with Crippen molar-refractivity contribution in [2.75, 3.05) is 0 Å². The van der Waals surface area contributed by atoms with Crippen molar-refractivity contribution in [1.29, 1.82) is 0 Å². The van der Waals surface area contributed by atoms with Crippen LogP contribution in [0.5, 0.6) is 0 Å². The minimum Gasteiger partial charge on any atom is -0.496 e. The van der Waals surface area contributed by atoms with Gasteiger partial charge in [-0.25, -0.2) is 0 Å². The van der Waals surface area contributed by atoms with Gasteiger partial charge in [0, 0.05) is 0 Å². The maximum atomic E-state index is 5.81. The van der Waals surface area contributed by atoms with Crippen molar-refractivity contribution in [2.24, 2.45) is 0 Å². The van der Waals surface area contributed by atoms with Crippen LogP contribution in [0.15, 0.2) is 101 Å². The zero-order valence-electron chi connectivity index (χ0n) is 31.1. The van der Waals surface area contributed by atoms with E-state index in [4.69, 9.17) is 21.4 Å². The smallest absolute Gasteiger partial charge is 0.0896 e. The van der Waals surface area contributed by atoms with E-state index in [0.717, 1.165) is 23.5 Å². The summed E-state index contributed by atoms with van der Waals surface area (Å²) >= 11 is -1.65. The van der Waals surface area contributed by atoms with E-state index >= 15 is 0 Å². The molecule has 0 aliphatic heterocycles. The molecule has 0 saturated heterocycles. The van der Waals surface area contributed by atoms with Gasteiger partial charge in [0.15, 0.2) is 0 Å². The van der Waals surface area contributed by atoms with Gasteiger partial charge < -0.3 is 4.42 Å². The van der Waals surface area contributed by atoms with E-state index in [-0.39, 0.29) is 5.43 Å². The van der Waals surface area contributed by atoms with Gasteiger partial charge in [0.2, 0.25) is 0 Å². The van der Waals surface area contributed by atoms with Crippen LogP contribution in [0.3, 0.4) is 0 Å². The first-order valence-corrected chi connectivity index (χ1v) is 29.9. The Hall–Kier alpha value is -2.94. The summed E-state index contributed by atoms with van der Waals surface area (Å²) in [5, 5.41) is 5.32. The number of hydrogen-bond donors (Lipinski definition) is 0. The van der Waals surface area contributed by atoms with E-state index in [1.54, 1.807) is 0 Å². The minimum absolute atomic E-state index is 0.224. The average Bonchev–Trinajstić information content (AvgIpc) is 3.78. The van der Waals surface area contributed by atoms with Crippen LogP contribution < -0.4 is 0 Å². The fourth-order valence-electron chi connectivity index (χ4n) is 6.78.